The van der Waals surface area contributed by atoms with E-state index >= 15 is 0 Å². The Morgan fingerprint density at radius 3 is 2.73 bits per heavy atom. The summed E-state index contributed by atoms with van der Waals surface area (Å²) in [6.07, 6.45) is 4.58. The highest BCUT2D eigenvalue weighted by molar-refractivity contribution is 5.08. The quantitative estimate of drug-likeness (QED) is 0.841. The molecule has 2 aromatic heterocycles. The van der Waals surface area contributed by atoms with Gasteiger partial charge in [-0.1, -0.05) is 18.1 Å². The van der Waals surface area contributed by atoms with Crippen LogP contribution >= 0.6 is 0 Å². The molecule has 118 valence electrons. The first kappa shape index (κ1) is 15.1. The summed E-state index contributed by atoms with van der Waals surface area (Å²) in [5, 5.41) is 3.99. The van der Waals surface area contributed by atoms with E-state index in [1.807, 2.05) is 25.4 Å². The third kappa shape index (κ3) is 3.51. The molecule has 1 fully saturated rings. The molecule has 22 heavy (non-hydrogen) atoms. The topological polar surface area (TPSA) is 58.3 Å². The molecule has 6 heteroatoms. The van der Waals surface area contributed by atoms with E-state index in [0.717, 1.165) is 50.9 Å². The molecule has 0 saturated carbocycles. The van der Waals surface area contributed by atoms with Gasteiger partial charge in [-0.15, -0.1) is 0 Å². The zero-order valence-electron chi connectivity index (χ0n) is 13.3. The van der Waals surface area contributed by atoms with Gasteiger partial charge >= 0.3 is 0 Å². The van der Waals surface area contributed by atoms with Crippen LogP contribution in [0.5, 0.6) is 0 Å². The van der Waals surface area contributed by atoms with Gasteiger partial charge < -0.3 is 4.52 Å². The van der Waals surface area contributed by atoms with Crippen LogP contribution in [0.1, 0.15) is 37.2 Å². The van der Waals surface area contributed by atoms with Crippen LogP contribution in [0.3, 0.4) is 0 Å². The Bertz CT molecular complexity index is 577. The van der Waals surface area contributed by atoms with Gasteiger partial charge in [0, 0.05) is 51.5 Å². The second-order valence-electron chi connectivity index (χ2n) is 5.75. The molecule has 2 aromatic rings. The maximum Gasteiger partial charge on any atom is 0.243 e. The Morgan fingerprint density at radius 1 is 1.27 bits per heavy atom. The molecule has 1 unspecified atom stereocenters. The molecule has 6 nitrogen and oxygen atoms in total. The number of aryl methyl sites for hydroxylation is 1. The first-order valence-electron chi connectivity index (χ1n) is 7.94. The highest BCUT2D eigenvalue weighted by Gasteiger charge is 2.25. The Hall–Kier alpha value is -1.79. The molecule has 0 N–H and O–H groups in total. The molecule has 0 bridgehead atoms. The summed E-state index contributed by atoms with van der Waals surface area (Å²) < 4.78 is 5.37. The maximum atomic E-state index is 5.37. The van der Waals surface area contributed by atoms with Gasteiger partial charge in [0.2, 0.25) is 5.89 Å². The molecule has 1 saturated heterocycles. The van der Waals surface area contributed by atoms with Crippen LogP contribution in [0.15, 0.2) is 29.0 Å². The van der Waals surface area contributed by atoms with E-state index < -0.39 is 0 Å². The SMILES string of the molecule is CCc1noc(C(C)N2CCN(Cc3cccnc3)CC2)n1. The Balaban J connectivity index is 1.52. The van der Waals surface area contributed by atoms with Crippen molar-refractivity contribution in [1.82, 2.24) is 24.9 Å². The van der Waals surface area contributed by atoms with Crippen molar-refractivity contribution < 1.29 is 4.52 Å². The lowest BCUT2D eigenvalue weighted by molar-refractivity contribution is 0.0845. The monoisotopic (exact) mass is 301 g/mol. The first-order valence-corrected chi connectivity index (χ1v) is 7.94. The summed E-state index contributed by atoms with van der Waals surface area (Å²) >= 11 is 0. The molecule has 1 aliphatic heterocycles. The Labute approximate surface area is 131 Å². The largest absolute Gasteiger partial charge is 0.338 e. The first-order chi connectivity index (χ1) is 10.8. The summed E-state index contributed by atoms with van der Waals surface area (Å²) in [6, 6.07) is 4.31. The standard InChI is InChI=1S/C16H23N5O/c1-3-15-18-16(22-19-15)13(2)21-9-7-20(8-10-21)12-14-5-4-6-17-11-14/h4-6,11,13H,3,7-10,12H2,1-2H3. The number of nitrogens with zero attached hydrogens (tertiary/aromatic N) is 5. The van der Waals surface area contributed by atoms with Gasteiger partial charge in [-0.05, 0) is 18.6 Å². The molecule has 0 radical (unpaired) electrons. The van der Waals surface area contributed by atoms with Crippen molar-refractivity contribution in [1.29, 1.82) is 0 Å². The highest BCUT2D eigenvalue weighted by Crippen LogP contribution is 2.20. The minimum Gasteiger partial charge on any atom is -0.338 e. The highest BCUT2D eigenvalue weighted by atomic mass is 16.5. The lowest BCUT2D eigenvalue weighted by Gasteiger charge is -2.36. The number of pyridine rings is 1. The van der Waals surface area contributed by atoms with Gasteiger partial charge in [0.15, 0.2) is 5.82 Å². The van der Waals surface area contributed by atoms with Gasteiger partial charge in [0.05, 0.1) is 6.04 Å². The second-order valence-corrected chi connectivity index (χ2v) is 5.75. The zero-order valence-corrected chi connectivity index (χ0v) is 13.3. The molecule has 0 aromatic carbocycles. The van der Waals surface area contributed by atoms with Crippen molar-refractivity contribution >= 4 is 0 Å². The van der Waals surface area contributed by atoms with Crippen LogP contribution < -0.4 is 0 Å². The van der Waals surface area contributed by atoms with Crippen LogP contribution in [-0.2, 0) is 13.0 Å². The fourth-order valence-electron chi connectivity index (χ4n) is 2.80. The van der Waals surface area contributed by atoms with Crippen molar-refractivity contribution in [3.8, 4) is 0 Å². The van der Waals surface area contributed by atoms with Gasteiger partial charge in [0.1, 0.15) is 0 Å². The second kappa shape index (κ2) is 6.98. The van der Waals surface area contributed by atoms with E-state index in [1.165, 1.54) is 5.56 Å². The number of hydrogen-bond donors (Lipinski definition) is 0. The molecular formula is C16H23N5O. The number of rotatable bonds is 5. The van der Waals surface area contributed by atoms with Crippen molar-refractivity contribution in [2.75, 3.05) is 26.2 Å². The average Bonchev–Trinajstić information content (AvgIpc) is 3.05. The third-order valence-electron chi connectivity index (χ3n) is 4.24. The number of aromatic nitrogens is 3. The van der Waals surface area contributed by atoms with E-state index in [1.54, 1.807) is 0 Å². The smallest absolute Gasteiger partial charge is 0.243 e. The molecule has 1 atom stereocenters. The lowest BCUT2D eigenvalue weighted by atomic mass is 10.2. The molecule has 0 spiro atoms. The van der Waals surface area contributed by atoms with E-state index in [4.69, 9.17) is 4.52 Å². The van der Waals surface area contributed by atoms with Gasteiger partial charge in [0.25, 0.3) is 0 Å². The number of hydrogen-bond acceptors (Lipinski definition) is 6. The van der Waals surface area contributed by atoms with Crippen molar-refractivity contribution in [3.05, 3.63) is 41.8 Å². The van der Waals surface area contributed by atoms with E-state index in [-0.39, 0.29) is 6.04 Å². The minimum absolute atomic E-state index is 0.188. The fourth-order valence-corrected chi connectivity index (χ4v) is 2.80. The maximum absolute atomic E-state index is 5.37. The molecular weight excluding hydrogens is 278 g/mol. The summed E-state index contributed by atoms with van der Waals surface area (Å²) in [5.41, 5.74) is 1.27. The zero-order chi connectivity index (χ0) is 15.4. The molecule has 0 amide bonds. The van der Waals surface area contributed by atoms with Gasteiger partial charge in [-0.2, -0.15) is 4.98 Å². The molecule has 3 heterocycles. The molecule has 0 aliphatic carbocycles. The average molecular weight is 301 g/mol. The summed E-state index contributed by atoms with van der Waals surface area (Å²) in [4.78, 5) is 13.5. The van der Waals surface area contributed by atoms with E-state index in [0.29, 0.717) is 0 Å². The van der Waals surface area contributed by atoms with Crippen LogP contribution in [0.4, 0.5) is 0 Å². The predicted molar refractivity (Wildman–Crippen MR) is 83.2 cm³/mol. The Morgan fingerprint density at radius 2 is 2.09 bits per heavy atom. The predicted octanol–water partition coefficient (Wildman–Crippen LogP) is 1.91. The minimum atomic E-state index is 0.188. The van der Waals surface area contributed by atoms with Crippen LogP contribution in [0.2, 0.25) is 0 Å². The van der Waals surface area contributed by atoms with Crippen molar-refractivity contribution in [2.24, 2.45) is 0 Å². The molecule has 3 rings (SSSR count). The lowest BCUT2D eigenvalue weighted by Crippen LogP contribution is -2.46. The summed E-state index contributed by atoms with van der Waals surface area (Å²) in [5.74, 6) is 1.52. The van der Waals surface area contributed by atoms with Crippen molar-refractivity contribution in [2.45, 2.75) is 32.9 Å². The normalized spacial score (nSPS) is 18.5. The van der Waals surface area contributed by atoms with E-state index in [9.17, 15) is 0 Å². The third-order valence-corrected chi connectivity index (χ3v) is 4.24. The van der Waals surface area contributed by atoms with Gasteiger partial charge in [-0.25, -0.2) is 0 Å². The summed E-state index contributed by atoms with van der Waals surface area (Å²) in [6.45, 7) is 9.29. The summed E-state index contributed by atoms with van der Waals surface area (Å²) in [7, 11) is 0. The number of piperazine rings is 1. The fraction of sp³-hybridized carbons (Fsp3) is 0.562. The Kier molecular flexibility index (Phi) is 4.80. The van der Waals surface area contributed by atoms with Crippen LogP contribution in [0.25, 0.3) is 0 Å². The van der Waals surface area contributed by atoms with Crippen molar-refractivity contribution in [3.63, 3.8) is 0 Å². The van der Waals surface area contributed by atoms with Crippen LogP contribution in [-0.4, -0.2) is 51.1 Å². The van der Waals surface area contributed by atoms with Gasteiger partial charge in [-0.3, -0.25) is 14.8 Å². The van der Waals surface area contributed by atoms with E-state index in [2.05, 4.69) is 37.9 Å². The van der Waals surface area contributed by atoms with Crippen LogP contribution in [0, 0.1) is 0 Å². The molecule has 1 aliphatic rings.